The van der Waals surface area contributed by atoms with Crippen LogP contribution in [0.2, 0.25) is 0 Å². The smallest absolute Gasteiger partial charge is 0.248 e. The Labute approximate surface area is 344 Å². The maximum Gasteiger partial charge on any atom is 0.248 e. The summed E-state index contributed by atoms with van der Waals surface area (Å²) in [7, 11) is 0. The van der Waals surface area contributed by atoms with Crippen molar-refractivity contribution in [2.75, 3.05) is 37.9 Å². The molecule has 5 aromatic heterocycles. The average Bonchev–Trinajstić information content (AvgIpc) is 4.09. The number of ether oxygens (including phenoxy) is 2. The number of benzene rings is 4. The molecule has 0 radical (unpaired) electrons. The molecule has 1 amide bonds. The Morgan fingerprint density at radius 1 is 0.700 bits per heavy atom. The lowest BCUT2D eigenvalue weighted by molar-refractivity contribution is 0.1000. The van der Waals surface area contributed by atoms with Crippen molar-refractivity contribution < 1.29 is 14.3 Å². The second-order valence-electron chi connectivity index (χ2n) is 14.4. The Hall–Kier alpha value is -7.90. The highest BCUT2D eigenvalue weighted by molar-refractivity contribution is 5.97. The van der Waals surface area contributed by atoms with Crippen molar-refractivity contribution >= 4 is 28.1 Å². The van der Waals surface area contributed by atoms with E-state index in [1.165, 1.54) is 5.69 Å². The fourth-order valence-corrected chi connectivity index (χ4v) is 7.58. The number of hydrogen-bond donors (Lipinski definition) is 3. The van der Waals surface area contributed by atoms with Gasteiger partial charge in [0.1, 0.15) is 5.82 Å². The number of hydrogen-bond acceptors (Lipinski definition) is 10. The summed E-state index contributed by atoms with van der Waals surface area (Å²) >= 11 is 0. The van der Waals surface area contributed by atoms with Gasteiger partial charge in [0, 0.05) is 89.9 Å². The summed E-state index contributed by atoms with van der Waals surface area (Å²) in [6.07, 6.45) is 9.45. The number of piperazine rings is 1. The Bertz CT molecular complexity index is 2970. The molecule has 0 spiro atoms. The molecule has 13 nitrogen and oxygen atoms in total. The van der Waals surface area contributed by atoms with Crippen LogP contribution in [0.15, 0.2) is 146 Å². The normalized spacial score (nSPS) is 13.3. The summed E-state index contributed by atoms with van der Waals surface area (Å²) < 4.78 is 12.8. The number of primary amides is 1. The molecule has 294 valence electrons. The fourth-order valence-electron chi connectivity index (χ4n) is 7.58. The molecule has 9 aromatic rings. The minimum atomic E-state index is -0.466. The lowest BCUT2D eigenvalue weighted by Gasteiger charge is -2.29. The van der Waals surface area contributed by atoms with Gasteiger partial charge in [-0.15, -0.1) is 0 Å². The van der Waals surface area contributed by atoms with E-state index in [1.807, 2.05) is 95.9 Å². The minimum absolute atomic E-state index is 0.212. The first-order valence-corrected chi connectivity index (χ1v) is 19.6. The van der Waals surface area contributed by atoms with Crippen LogP contribution in [0.1, 0.15) is 10.4 Å². The van der Waals surface area contributed by atoms with E-state index < -0.39 is 5.91 Å². The number of aromatic amines is 1. The number of para-hydroxylation sites is 1. The quantitative estimate of drug-likeness (QED) is 0.146. The van der Waals surface area contributed by atoms with Crippen molar-refractivity contribution in [2.24, 2.45) is 5.73 Å². The van der Waals surface area contributed by atoms with E-state index in [0.717, 1.165) is 93.2 Å². The van der Waals surface area contributed by atoms with E-state index in [4.69, 9.17) is 25.2 Å². The predicted octanol–water partition coefficient (Wildman–Crippen LogP) is 7.65. The van der Waals surface area contributed by atoms with Gasteiger partial charge in [-0.25, -0.2) is 14.5 Å². The highest BCUT2D eigenvalue weighted by Gasteiger charge is 2.20. The zero-order valence-corrected chi connectivity index (χ0v) is 32.3. The van der Waals surface area contributed by atoms with Gasteiger partial charge in [0.05, 0.1) is 28.8 Å². The van der Waals surface area contributed by atoms with Crippen LogP contribution in [0, 0.1) is 0 Å². The van der Waals surface area contributed by atoms with E-state index in [1.54, 1.807) is 18.3 Å². The maximum atomic E-state index is 11.3. The molecule has 0 unspecified atom stereocenters. The molecule has 4 N–H and O–H groups in total. The molecule has 0 aliphatic carbocycles. The summed E-state index contributed by atoms with van der Waals surface area (Å²) in [5, 5.41) is 9.10. The first-order valence-electron chi connectivity index (χ1n) is 19.6. The van der Waals surface area contributed by atoms with Crippen molar-refractivity contribution in [3.8, 4) is 67.8 Å². The molecular weight excluding hydrogens is 753 g/mol. The topological polar surface area (TPSA) is 161 Å². The van der Waals surface area contributed by atoms with Crippen molar-refractivity contribution in [1.29, 1.82) is 0 Å². The highest BCUT2D eigenvalue weighted by atomic mass is 16.7. The number of anilines is 1. The molecule has 60 heavy (non-hydrogen) atoms. The van der Waals surface area contributed by atoms with E-state index in [9.17, 15) is 4.79 Å². The monoisotopic (exact) mass is 790 g/mol. The van der Waals surface area contributed by atoms with Gasteiger partial charge >= 0.3 is 0 Å². The number of imidazole rings is 1. The van der Waals surface area contributed by atoms with E-state index in [2.05, 4.69) is 66.8 Å². The third-order valence-corrected chi connectivity index (χ3v) is 10.7. The maximum absolute atomic E-state index is 11.3. The Balaban J connectivity index is 0.000000145. The largest absolute Gasteiger partial charge is 0.454 e. The first-order chi connectivity index (χ1) is 29.6. The molecule has 0 bridgehead atoms. The third kappa shape index (κ3) is 7.14. The number of nitrogens with zero attached hydrogens (tertiary/aromatic N) is 7. The Kier molecular flexibility index (Phi) is 9.60. The van der Waals surface area contributed by atoms with E-state index in [-0.39, 0.29) is 6.79 Å². The van der Waals surface area contributed by atoms with Gasteiger partial charge in [-0.05, 0) is 77.9 Å². The van der Waals surface area contributed by atoms with Gasteiger partial charge in [0.2, 0.25) is 12.7 Å². The second-order valence-corrected chi connectivity index (χ2v) is 14.4. The van der Waals surface area contributed by atoms with Gasteiger partial charge in [0.15, 0.2) is 17.1 Å². The molecule has 4 aromatic carbocycles. The predicted molar refractivity (Wildman–Crippen MR) is 232 cm³/mol. The zero-order valence-electron chi connectivity index (χ0n) is 32.3. The molecule has 11 rings (SSSR count). The molecule has 1 fully saturated rings. The Morgan fingerprint density at radius 2 is 1.48 bits per heavy atom. The lowest BCUT2D eigenvalue weighted by atomic mass is 10.0. The molecule has 0 atom stereocenters. The molecule has 7 heterocycles. The first kappa shape index (κ1) is 36.4. The molecule has 1 saturated heterocycles. The number of nitrogens with one attached hydrogen (secondary N) is 2. The van der Waals surface area contributed by atoms with Crippen LogP contribution in [0.4, 0.5) is 5.69 Å². The van der Waals surface area contributed by atoms with Gasteiger partial charge in [-0.1, -0.05) is 48.5 Å². The van der Waals surface area contributed by atoms with Gasteiger partial charge in [0.25, 0.3) is 0 Å². The molecule has 0 saturated carbocycles. The van der Waals surface area contributed by atoms with Crippen molar-refractivity contribution in [2.45, 2.75) is 0 Å². The van der Waals surface area contributed by atoms with Gasteiger partial charge < -0.3 is 30.4 Å². The number of pyridine rings is 2. The molecule has 13 heteroatoms. The fraction of sp³-hybridized carbons (Fsp3) is 0.106. The van der Waals surface area contributed by atoms with Crippen LogP contribution in [0.3, 0.4) is 0 Å². The Morgan fingerprint density at radius 3 is 2.30 bits per heavy atom. The molecule has 2 aliphatic heterocycles. The van der Waals surface area contributed by atoms with Crippen LogP contribution in [0.25, 0.3) is 72.8 Å². The second kappa shape index (κ2) is 15.8. The van der Waals surface area contributed by atoms with Crippen molar-refractivity contribution in [1.82, 2.24) is 39.9 Å². The number of nitrogens with two attached hydrogens (primary N) is 1. The van der Waals surface area contributed by atoms with Gasteiger partial charge in [-0.3, -0.25) is 14.8 Å². The highest BCUT2D eigenvalue weighted by Crippen LogP contribution is 2.39. The van der Waals surface area contributed by atoms with Crippen LogP contribution < -0.4 is 25.4 Å². The van der Waals surface area contributed by atoms with Crippen LogP contribution in [-0.2, 0) is 0 Å². The standard InChI is InChI=1S/C25H22N6.C22H16N4O3/c1-2-4-24-22(3-1)21(9-10-27-24)23-16-29-31-17-19(15-28-25(23)31)18-5-7-20(8-6-18)30-13-11-26-12-14-30;23-21(27)13-4-6-14(7-5-13)22-25-19(20(26-22)16-3-1-2-10-24-16)15-8-9-17-18(11-15)29-12-28-17/h1-10,15-17,26H,11-14H2;1-11H,12H2,(H2,23,27)(H,25,26). The number of rotatable bonds is 7. The van der Waals surface area contributed by atoms with E-state index in [0.29, 0.717) is 22.9 Å². The summed E-state index contributed by atoms with van der Waals surface area (Å²) in [5.74, 6) is 1.59. The molecule has 2 aliphatic rings. The van der Waals surface area contributed by atoms with Crippen LogP contribution >= 0.6 is 0 Å². The summed E-state index contributed by atoms with van der Waals surface area (Å²) in [6, 6.07) is 37.3. The summed E-state index contributed by atoms with van der Waals surface area (Å²) in [6.45, 7) is 4.39. The van der Waals surface area contributed by atoms with Crippen LogP contribution in [-0.4, -0.2) is 73.4 Å². The lowest BCUT2D eigenvalue weighted by Crippen LogP contribution is -2.43. The summed E-state index contributed by atoms with van der Waals surface area (Å²) in [4.78, 5) is 35.7. The van der Waals surface area contributed by atoms with E-state index >= 15 is 0 Å². The van der Waals surface area contributed by atoms with Crippen molar-refractivity contribution in [3.05, 3.63) is 152 Å². The number of fused-ring (bicyclic) bond motifs is 3. The number of carbonyl (C=O) groups is 1. The number of aromatic nitrogens is 7. The van der Waals surface area contributed by atoms with Gasteiger partial charge in [-0.2, -0.15) is 5.10 Å². The van der Waals surface area contributed by atoms with Crippen molar-refractivity contribution in [3.63, 3.8) is 0 Å². The number of carbonyl (C=O) groups excluding carboxylic acids is 1. The zero-order chi connectivity index (χ0) is 40.4. The SMILES string of the molecule is NC(=O)c1ccc(-c2nc(-c3ccc4c(c3)OCO4)c(-c3ccccn3)[nH]2)cc1.c1ccc2c(-c3cnn4cc(-c5ccc(N6CCNCC6)cc5)cnc34)ccnc2c1. The summed E-state index contributed by atoms with van der Waals surface area (Å²) in [5.41, 5.74) is 17.2. The average molecular weight is 791 g/mol. The minimum Gasteiger partial charge on any atom is -0.454 e. The third-order valence-electron chi connectivity index (χ3n) is 10.7. The van der Waals surface area contributed by atoms with Crippen LogP contribution in [0.5, 0.6) is 11.5 Å². The number of H-pyrrole nitrogens is 1. The molecular formula is C47H38N10O3. The number of amides is 1.